The summed E-state index contributed by atoms with van der Waals surface area (Å²) in [5.41, 5.74) is 1.05. The maximum absolute atomic E-state index is 5.13. The summed E-state index contributed by atoms with van der Waals surface area (Å²) < 4.78 is 0. The largest absolute Gasteiger partial charge is 0.233 e. The molecule has 0 atom stereocenters. The lowest BCUT2D eigenvalue weighted by Crippen LogP contribution is -1.72. The molecule has 0 unspecified atom stereocenters. The van der Waals surface area contributed by atoms with E-state index in [9.17, 15) is 0 Å². The molecule has 0 radical (unpaired) electrons. The Morgan fingerprint density at radius 1 is 1.56 bits per heavy atom. The predicted octanol–water partition coefficient (Wildman–Crippen LogP) is 1.74. The van der Waals surface area contributed by atoms with Gasteiger partial charge in [-0.05, 0) is 19.8 Å². The van der Waals surface area contributed by atoms with Crippen molar-refractivity contribution in [2.75, 3.05) is 0 Å². The third-order valence-electron chi connectivity index (χ3n) is 1.15. The van der Waals surface area contributed by atoms with Crippen molar-refractivity contribution in [3.63, 3.8) is 0 Å². The van der Waals surface area contributed by atoms with Gasteiger partial charge in [0.1, 0.15) is 0 Å². The van der Waals surface area contributed by atoms with E-state index < -0.39 is 0 Å². The monoisotopic (exact) mass is 137 g/mol. The van der Waals surface area contributed by atoms with Gasteiger partial charge >= 0.3 is 0 Å². The average Bonchev–Trinajstić information content (AvgIpc) is 2.13. The van der Waals surface area contributed by atoms with E-state index in [0.717, 1.165) is 10.7 Å². The van der Waals surface area contributed by atoms with E-state index in [2.05, 4.69) is 10.9 Å². The maximum atomic E-state index is 5.13. The Balaban J connectivity index is 3.16. The average molecular weight is 137 g/mol. The van der Waals surface area contributed by atoms with Crippen LogP contribution >= 0.6 is 11.3 Å². The minimum absolute atomic E-state index is 0.782. The molecule has 1 aromatic heterocycles. The van der Waals surface area contributed by atoms with E-state index in [1.54, 1.807) is 11.3 Å². The van der Waals surface area contributed by atoms with Crippen LogP contribution in [0, 0.1) is 26.2 Å². The molecular weight excluding hydrogens is 130 g/mol. The first-order valence-corrected chi connectivity index (χ1v) is 3.46. The van der Waals surface area contributed by atoms with Crippen LogP contribution in [0.3, 0.4) is 0 Å². The van der Waals surface area contributed by atoms with E-state index in [4.69, 9.17) is 6.42 Å². The highest BCUT2D eigenvalue weighted by atomic mass is 32.1. The molecule has 0 aliphatic carbocycles. The Morgan fingerprint density at radius 3 is 2.44 bits per heavy atom. The molecule has 0 aliphatic heterocycles. The smallest absolute Gasteiger partial charge is 0.167 e. The number of terminal acetylenes is 1. The van der Waals surface area contributed by atoms with Crippen molar-refractivity contribution in [2.45, 2.75) is 13.8 Å². The molecule has 2 heteroatoms. The van der Waals surface area contributed by atoms with Gasteiger partial charge < -0.3 is 0 Å². The first-order valence-electron chi connectivity index (χ1n) is 2.64. The molecule has 0 aromatic carbocycles. The summed E-state index contributed by atoms with van der Waals surface area (Å²) in [6, 6.07) is 0. The van der Waals surface area contributed by atoms with Crippen molar-refractivity contribution in [3.8, 4) is 12.3 Å². The molecule has 0 amide bonds. The molecule has 46 valence electrons. The quantitative estimate of drug-likeness (QED) is 0.496. The van der Waals surface area contributed by atoms with Crippen LogP contribution in [-0.2, 0) is 0 Å². The van der Waals surface area contributed by atoms with E-state index in [1.807, 2.05) is 13.8 Å². The minimum Gasteiger partial charge on any atom is -0.233 e. The van der Waals surface area contributed by atoms with Gasteiger partial charge in [-0.2, -0.15) is 0 Å². The Labute approximate surface area is 58.8 Å². The van der Waals surface area contributed by atoms with Gasteiger partial charge in [-0.1, -0.05) is 0 Å². The van der Waals surface area contributed by atoms with Gasteiger partial charge in [-0.3, -0.25) is 0 Å². The minimum atomic E-state index is 0.782. The SMILES string of the molecule is C#Cc1nc(C)c(C)s1. The number of hydrogen-bond acceptors (Lipinski definition) is 2. The molecule has 1 rings (SSSR count). The van der Waals surface area contributed by atoms with Crippen molar-refractivity contribution >= 4 is 11.3 Å². The van der Waals surface area contributed by atoms with E-state index in [1.165, 1.54) is 4.88 Å². The lowest BCUT2D eigenvalue weighted by atomic mass is 10.4. The highest BCUT2D eigenvalue weighted by Crippen LogP contribution is 2.14. The van der Waals surface area contributed by atoms with Crippen molar-refractivity contribution in [1.82, 2.24) is 4.98 Å². The van der Waals surface area contributed by atoms with Gasteiger partial charge in [0.25, 0.3) is 0 Å². The summed E-state index contributed by atoms with van der Waals surface area (Å²) in [4.78, 5) is 5.32. The first kappa shape index (κ1) is 6.31. The van der Waals surface area contributed by atoms with Crippen LogP contribution in [0.2, 0.25) is 0 Å². The molecule has 0 aliphatic rings. The lowest BCUT2D eigenvalue weighted by Gasteiger charge is -1.77. The summed E-state index contributed by atoms with van der Waals surface area (Å²) in [5.74, 6) is 2.50. The highest BCUT2D eigenvalue weighted by Gasteiger charge is 1.98. The molecule has 0 N–H and O–H groups in total. The Morgan fingerprint density at radius 2 is 2.22 bits per heavy atom. The standard InChI is InChI=1S/C7H7NS/c1-4-7-8-5(2)6(3)9-7/h1H,2-3H3. The zero-order valence-corrected chi connectivity index (χ0v) is 6.25. The van der Waals surface area contributed by atoms with Gasteiger partial charge in [-0.15, -0.1) is 17.8 Å². The van der Waals surface area contributed by atoms with Crippen LogP contribution in [0.25, 0.3) is 0 Å². The molecule has 0 spiro atoms. The second kappa shape index (κ2) is 2.20. The fraction of sp³-hybridized carbons (Fsp3) is 0.286. The summed E-state index contributed by atoms with van der Waals surface area (Å²) in [7, 11) is 0. The molecule has 0 saturated heterocycles. The predicted molar refractivity (Wildman–Crippen MR) is 39.5 cm³/mol. The van der Waals surface area contributed by atoms with Crippen LogP contribution < -0.4 is 0 Å². The fourth-order valence-corrected chi connectivity index (χ4v) is 1.26. The molecule has 1 heterocycles. The molecule has 1 aromatic rings. The van der Waals surface area contributed by atoms with Crippen molar-refractivity contribution in [1.29, 1.82) is 0 Å². The zero-order valence-electron chi connectivity index (χ0n) is 5.43. The number of rotatable bonds is 0. The molecular formula is C7H7NS. The zero-order chi connectivity index (χ0) is 6.85. The summed E-state index contributed by atoms with van der Waals surface area (Å²) in [5, 5.41) is 0.782. The number of aryl methyl sites for hydroxylation is 2. The van der Waals surface area contributed by atoms with Crippen LogP contribution in [0.4, 0.5) is 0 Å². The summed E-state index contributed by atoms with van der Waals surface area (Å²) in [6.45, 7) is 3.99. The number of hydrogen-bond donors (Lipinski definition) is 0. The first-order chi connectivity index (χ1) is 4.24. The number of nitrogens with zero attached hydrogens (tertiary/aromatic N) is 1. The second-order valence-corrected chi connectivity index (χ2v) is 3.01. The van der Waals surface area contributed by atoms with Gasteiger partial charge in [0, 0.05) is 4.88 Å². The third-order valence-corrected chi connectivity index (χ3v) is 2.16. The second-order valence-electron chi connectivity index (χ2n) is 1.80. The summed E-state index contributed by atoms with van der Waals surface area (Å²) >= 11 is 1.57. The van der Waals surface area contributed by atoms with Crippen molar-refractivity contribution < 1.29 is 0 Å². The normalized spacial score (nSPS) is 9.00. The fourth-order valence-electron chi connectivity index (χ4n) is 0.534. The van der Waals surface area contributed by atoms with E-state index in [0.29, 0.717) is 0 Å². The van der Waals surface area contributed by atoms with Crippen LogP contribution in [-0.4, -0.2) is 4.98 Å². The van der Waals surface area contributed by atoms with Crippen LogP contribution in [0.1, 0.15) is 15.6 Å². The number of thiazole rings is 1. The highest BCUT2D eigenvalue weighted by molar-refractivity contribution is 7.12. The molecule has 9 heavy (non-hydrogen) atoms. The molecule has 1 nitrogen and oxygen atoms in total. The van der Waals surface area contributed by atoms with Crippen molar-refractivity contribution in [3.05, 3.63) is 15.6 Å². The van der Waals surface area contributed by atoms with Gasteiger partial charge in [0.15, 0.2) is 5.01 Å². The van der Waals surface area contributed by atoms with Crippen LogP contribution in [0.5, 0.6) is 0 Å². The molecule has 0 bridgehead atoms. The Kier molecular flexibility index (Phi) is 1.54. The van der Waals surface area contributed by atoms with E-state index >= 15 is 0 Å². The topological polar surface area (TPSA) is 12.9 Å². The molecule has 0 fully saturated rings. The van der Waals surface area contributed by atoms with Gasteiger partial charge in [0.2, 0.25) is 0 Å². The third kappa shape index (κ3) is 1.11. The lowest BCUT2D eigenvalue weighted by molar-refractivity contribution is 1.22. The van der Waals surface area contributed by atoms with Gasteiger partial charge in [0.05, 0.1) is 5.69 Å². The molecule has 0 saturated carbocycles. The van der Waals surface area contributed by atoms with E-state index in [-0.39, 0.29) is 0 Å². The van der Waals surface area contributed by atoms with Gasteiger partial charge in [-0.25, -0.2) is 4.98 Å². The van der Waals surface area contributed by atoms with Crippen molar-refractivity contribution in [2.24, 2.45) is 0 Å². The summed E-state index contributed by atoms with van der Waals surface area (Å²) in [6.07, 6.45) is 5.13. The number of aromatic nitrogens is 1. The Hall–Kier alpha value is -0.810. The van der Waals surface area contributed by atoms with Crippen LogP contribution in [0.15, 0.2) is 0 Å². The Bertz CT molecular complexity index is 235. The maximum Gasteiger partial charge on any atom is 0.167 e.